The van der Waals surface area contributed by atoms with Gasteiger partial charge in [-0.15, -0.1) is 0 Å². The van der Waals surface area contributed by atoms with Crippen LogP contribution in [0.25, 0.3) is 0 Å². The Bertz CT molecular complexity index is 584. The van der Waals surface area contributed by atoms with Gasteiger partial charge in [0.25, 0.3) is 0 Å². The Balaban J connectivity index is 1.65. The predicted octanol–water partition coefficient (Wildman–Crippen LogP) is 2.67. The maximum Gasteiger partial charge on any atom is 0.224 e. The second kappa shape index (κ2) is 5.77. The molecular weight excluding hydrogens is 252 g/mol. The SMILES string of the molecule is COc1ccccc1CNc1ccnc(NC2CC2)n1. The van der Waals surface area contributed by atoms with Crippen molar-refractivity contribution in [1.82, 2.24) is 9.97 Å². The summed E-state index contributed by atoms with van der Waals surface area (Å²) in [6.07, 6.45) is 4.19. The fourth-order valence-corrected chi connectivity index (χ4v) is 1.97. The first kappa shape index (κ1) is 12.7. The highest BCUT2D eigenvalue weighted by molar-refractivity contribution is 5.43. The van der Waals surface area contributed by atoms with E-state index in [-0.39, 0.29) is 0 Å². The summed E-state index contributed by atoms with van der Waals surface area (Å²) in [7, 11) is 1.68. The van der Waals surface area contributed by atoms with Gasteiger partial charge >= 0.3 is 0 Å². The second-order valence-corrected chi connectivity index (χ2v) is 4.85. The number of ether oxygens (including phenoxy) is 1. The number of methoxy groups -OCH3 is 1. The average molecular weight is 270 g/mol. The van der Waals surface area contributed by atoms with E-state index in [0.717, 1.165) is 17.1 Å². The summed E-state index contributed by atoms with van der Waals surface area (Å²) in [5, 5.41) is 6.59. The molecule has 2 aromatic rings. The molecule has 1 aromatic carbocycles. The highest BCUT2D eigenvalue weighted by Gasteiger charge is 2.21. The van der Waals surface area contributed by atoms with Crippen LogP contribution in [0.4, 0.5) is 11.8 Å². The molecular formula is C15H18N4O. The molecule has 0 saturated heterocycles. The number of rotatable bonds is 6. The Hall–Kier alpha value is -2.30. The first-order chi connectivity index (χ1) is 9.85. The summed E-state index contributed by atoms with van der Waals surface area (Å²) in [5.74, 6) is 2.39. The van der Waals surface area contributed by atoms with E-state index in [9.17, 15) is 0 Å². The number of hydrogen-bond acceptors (Lipinski definition) is 5. The lowest BCUT2D eigenvalue weighted by Gasteiger charge is -2.10. The number of anilines is 2. The smallest absolute Gasteiger partial charge is 0.224 e. The molecule has 0 aliphatic heterocycles. The van der Waals surface area contributed by atoms with Crippen LogP contribution < -0.4 is 15.4 Å². The van der Waals surface area contributed by atoms with Crippen LogP contribution >= 0.6 is 0 Å². The Morgan fingerprint density at radius 3 is 2.90 bits per heavy atom. The Labute approximate surface area is 118 Å². The van der Waals surface area contributed by atoms with Crippen LogP contribution in [0.5, 0.6) is 5.75 Å². The molecule has 2 N–H and O–H groups in total. The van der Waals surface area contributed by atoms with Gasteiger partial charge in [-0.3, -0.25) is 0 Å². The van der Waals surface area contributed by atoms with Crippen molar-refractivity contribution in [2.75, 3.05) is 17.7 Å². The Morgan fingerprint density at radius 1 is 1.25 bits per heavy atom. The minimum absolute atomic E-state index is 0.555. The molecule has 1 aliphatic carbocycles. The molecule has 0 unspecified atom stereocenters. The molecule has 5 heteroatoms. The van der Waals surface area contributed by atoms with Crippen molar-refractivity contribution in [3.05, 3.63) is 42.1 Å². The zero-order valence-electron chi connectivity index (χ0n) is 11.5. The van der Waals surface area contributed by atoms with Crippen LogP contribution in [0.15, 0.2) is 36.5 Å². The summed E-state index contributed by atoms with van der Waals surface area (Å²) in [5.41, 5.74) is 1.10. The van der Waals surface area contributed by atoms with E-state index in [1.807, 2.05) is 30.3 Å². The van der Waals surface area contributed by atoms with E-state index in [0.29, 0.717) is 18.5 Å². The van der Waals surface area contributed by atoms with Gasteiger partial charge in [0.15, 0.2) is 0 Å². The fraction of sp³-hybridized carbons (Fsp3) is 0.333. The fourth-order valence-electron chi connectivity index (χ4n) is 1.97. The van der Waals surface area contributed by atoms with Gasteiger partial charge in [-0.2, -0.15) is 4.98 Å². The van der Waals surface area contributed by atoms with E-state index in [2.05, 4.69) is 20.6 Å². The molecule has 1 aliphatic rings. The van der Waals surface area contributed by atoms with Gasteiger partial charge in [-0.25, -0.2) is 4.98 Å². The average Bonchev–Trinajstić information content (AvgIpc) is 3.30. The first-order valence-corrected chi connectivity index (χ1v) is 6.80. The lowest BCUT2D eigenvalue weighted by molar-refractivity contribution is 0.410. The van der Waals surface area contributed by atoms with Crippen molar-refractivity contribution in [2.45, 2.75) is 25.4 Å². The van der Waals surface area contributed by atoms with Crippen LogP contribution in [0, 0.1) is 0 Å². The zero-order valence-corrected chi connectivity index (χ0v) is 11.5. The molecule has 0 bridgehead atoms. The van der Waals surface area contributed by atoms with Gasteiger partial charge in [0, 0.05) is 24.3 Å². The molecule has 104 valence electrons. The minimum atomic E-state index is 0.555. The van der Waals surface area contributed by atoms with Crippen molar-refractivity contribution in [2.24, 2.45) is 0 Å². The van der Waals surface area contributed by atoms with Crippen molar-refractivity contribution in [3.8, 4) is 5.75 Å². The molecule has 0 amide bonds. The first-order valence-electron chi connectivity index (χ1n) is 6.80. The largest absolute Gasteiger partial charge is 0.496 e. The third-order valence-corrected chi connectivity index (χ3v) is 3.22. The molecule has 3 rings (SSSR count). The van der Waals surface area contributed by atoms with Crippen LogP contribution in [-0.2, 0) is 6.54 Å². The van der Waals surface area contributed by atoms with E-state index in [1.54, 1.807) is 13.3 Å². The maximum atomic E-state index is 5.33. The summed E-state index contributed by atoms with van der Waals surface area (Å²) in [6.45, 7) is 0.671. The van der Waals surface area contributed by atoms with Gasteiger partial charge in [-0.1, -0.05) is 18.2 Å². The molecule has 1 heterocycles. The van der Waals surface area contributed by atoms with Gasteiger partial charge in [0.05, 0.1) is 7.11 Å². The van der Waals surface area contributed by atoms with E-state index in [4.69, 9.17) is 4.74 Å². The molecule has 0 spiro atoms. The summed E-state index contributed by atoms with van der Waals surface area (Å²) >= 11 is 0. The molecule has 0 atom stereocenters. The third kappa shape index (κ3) is 3.17. The highest BCUT2D eigenvalue weighted by Crippen LogP contribution is 2.23. The Morgan fingerprint density at radius 2 is 2.10 bits per heavy atom. The molecule has 0 radical (unpaired) electrons. The van der Waals surface area contributed by atoms with Crippen molar-refractivity contribution in [1.29, 1.82) is 0 Å². The van der Waals surface area contributed by atoms with Gasteiger partial charge in [0.2, 0.25) is 5.95 Å². The topological polar surface area (TPSA) is 59.1 Å². The number of hydrogen-bond donors (Lipinski definition) is 2. The van der Waals surface area contributed by atoms with Crippen LogP contribution in [0.3, 0.4) is 0 Å². The number of nitrogens with zero attached hydrogens (tertiary/aromatic N) is 2. The number of benzene rings is 1. The second-order valence-electron chi connectivity index (χ2n) is 4.85. The van der Waals surface area contributed by atoms with Crippen LogP contribution in [-0.4, -0.2) is 23.1 Å². The monoisotopic (exact) mass is 270 g/mol. The van der Waals surface area contributed by atoms with Crippen molar-refractivity contribution < 1.29 is 4.74 Å². The summed E-state index contributed by atoms with van der Waals surface area (Å²) < 4.78 is 5.33. The standard InChI is InChI=1S/C15H18N4O/c1-20-13-5-3-2-4-11(13)10-17-14-8-9-16-15(19-14)18-12-6-7-12/h2-5,8-9,12H,6-7,10H2,1H3,(H2,16,17,18,19). The van der Waals surface area contributed by atoms with E-state index in [1.165, 1.54) is 12.8 Å². The third-order valence-electron chi connectivity index (χ3n) is 3.22. The Kier molecular flexibility index (Phi) is 3.67. The summed E-state index contributed by atoms with van der Waals surface area (Å²) in [4.78, 5) is 8.67. The van der Waals surface area contributed by atoms with Gasteiger partial charge in [0.1, 0.15) is 11.6 Å². The lowest BCUT2D eigenvalue weighted by Crippen LogP contribution is -2.08. The molecule has 20 heavy (non-hydrogen) atoms. The van der Waals surface area contributed by atoms with Crippen LogP contribution in [0.1, 0.15) is 18.4 Å². The normalized spacial score (nSPS) is 13.8. The van der Waals surface area contributed by atoms with E-state index >= 15 is 0 Å². The quantitative estimate of drug-likeness (QED) is 0.845. The number of nitrogens with one attached hydrogen (secondary N) is 2. The molecule has 1 aromatic heterocycles. The minimum Gasteiger partial charge on any atom is -0.496 e. The lowest BCUT2D eigenvalue weighted by atomic mass is 10.2. The van der Waals surface area contributed by atoms with Crippen LogP contribution in [0.2, 0.25) is 0 Å². The summed E-state index contributed by atoms with van der Waals surface area (Å²) in [6, 6.07) is 10.4. The zero-order chi connectivity index (χ0) is 13.8. The number of para-hydroxylation sites is 1. The van der Waals surface area contributed by atoms with Gasteiger partial charge < -0.3 is 15.4 Å². The molecule has 1 saturated carbocycles. The highest BCUT2D eigenvalue weighted by atomic mass is 16.5. The van der Waals surface area contributed by atoms with E-state index < -0.39 is 0 Å². The predicted molar refractivity (Wildman–Crippen MR) is 79.0 cm³/mol. The molecule has 5 nitrogen and oxygen atoms in total. The van der Waals surface area contributed by atoms with Crippen molar-refractivity contribution in [3.63, 3.8) is 0 Å². The van der Waals surface area contributed by atoms with Gasteiger partial charge in [-0.05, 0) is 25.0 Å². The number of aromatic nitrogens is 2. The molecule has 1 fully saturated rings. The van der Waals surface area contributed by atoms with Crippen molar-refractivity contribution >= 4 is 11.8 Å². The maximum absolute atomic E-state index is 5.33.